The number of nitrogens with one attached hydrogen (secondary N) is 1. The van der Waals surface area contributed by atoms with E-state index in [0.29, 0.717) is 12.2 Å². The second kappa shape index (κ2) is 4.34. The van der Waals surface area contributed by atoms with E-state index in [1.165, 1.54) is 6.33 Å². The summed E-state index contributed by atoms with van der Waals surface area (Å²) in [5.74, 6) is 0. The van der Waals surface area contributed by atoms with Crippen LogP contribution in [0.1, 0.15) is 5.56 Å². The van der Waals surface area contributed by atoms with Gasteiger partial charge in [-0.1, -0.05) is 33.3 Å². The standard InChI is InChI=1S/C11H8BrN5O/c12-8-3-1-7(2-4-8)5-17-10-9(15-16-17)11(18)14-6-13-10/h1-4,6H,5H2,(H,13,14,18). The molecule has 18 heavy (non-hydrogen) atoms. The second-order valence-corrected chi connectivity index (χ2v) is 4.69. The third-order valence-corrected chi connectivity index (χ3v) is 3.08. The average Bonchev–Trinajstić information content (AvgIpc) is 2.77. The molecule has 90 valence electrons. The van der Waals surface area contributed by atoms with Crippen LogP contribution in [0, 0.1) is 0 Å². The summed E-state index contributed by atoms with van der Waals surface area (Å²) in [6.45, 7) is 0.528. The van der Waals surface area contributed by atoms with E-state index in [1.807, 2.05) is 24.3 Å². The molecule has 1 N–H and O–H groups in total. The molecule has 3 aromatic rings. The van der Waals surface area contributed by atoms with Gasteiger partial charge < -0.3 is 4.98 Å². The van der Waals surface area contributed by atoms with Crippen molar-refractivity contribution in [3.05, 3.63) is 51.0 Å². The van der Waals surface area contributed by atoms with Gasteiger partial charge in [-0.2, -0.15) is 0 Å². The molecule has 0 radical (unpaired) electrons. The maximum Gasteiger partial charge on any atom is 0.280 e. The number of H-pyrrole nitrogens is 1. The van der Waals surface area contributed by atoms with Gasteiger partial charge >= 0.3 is 0 Å². The van der Waals surface area contributed by atoms with Crippen LogP contribution in [0.4, 0.5) is 0 Å². The summed E-state index contributed by atoms with van der Waals surface area (Å²) in [5.41, 5.74) is 1.53. The Morgan fingerprint density at radius 3 is 2.83 bits per heavy atom. The number of halogens is 1. The maximum atomic E-state index is 11.5. The van der Waals surface area contributed by atoms with E-state index in [1.54, 1.807) is 4.68 Å². The molecule has 3 rings (SSSR count). The van der Waals surface area contributed by atoms with Crippen LogP contribution in [-0.2, 0) is 6.54 Å². The first-order valence-corrected chi connectivity index (χ1v) is 6.04. The molecule has 0 saturated heterocycles. The van der Waals surface area contributed by atoms with Crippen molar-refractivity contribution >= 4 is 27.1 Å². The molecule has 0 unspecified atom stereocenters. The average molecular weight is 306 g/mol. The highest BCUT2D eigenvalue weighted by molar-refractivity contribution is 9.10. The molecule has 0 bridgehead atoms. The van der Waals surface area contributed by atoms with Crippen molar-refractivity contribution in [1.29, 1.82) is 0 Å². The Bertz CT molecular complexity index is 746. The molecular formula is C11H8BrN5O. The fraction of sp³-hybridized carbons (Fsp3) is 0.0909. The van der Waals surface area contributed by atoms with E-state index in [9.17, 15) is 4.79 Å². The summed E-state index contributed by atoms with van der Waals surface area (Å²) in [4.78, 5) is 18.0. The van der Waals surface area contributed by atoms with Gasteiger partial charge in [0.1, 0.15) is 0 Å². The summed E-state index contributed by atoms with van der Waals surface area (Å²) in [6.07, 6.45) is 1.35. The van der Waals surface area contributed by atoms with Crippen LogP contribution >= 0.6 is 15.9 Å². The van der Waals surface area contributed by atoms with Crippen LogP contribution in [0.15, 0.2) is 39.9 Å². The fourth-order valence-electron chi connectivity index (χ4n) is 1.67. The normalized spacial score (nSPS) is 10.9. The molecule has 2 heterocycles. The lowest BCUT2D eigenvalue weighted by Crippen LogP contribution is -2.08. The molecule has 1 aromatic carbocycles. The first kappa shape index (κ1) is 11.1. The Morgan fingerprint density at radius 1 is 1.28 bits per heavy atom. The molecule has 7 heteroatoms. The van der Waals surface area contributed by atoms with Crippen LogP contribution in [0.3, 0.4) is 0 Å². The zero-order chi connectivity index (χ0) is 12.5. The first-order chi connectivity index (χ1) is 8.74. The van der Waals surface area contributed by atoms with Gasteiger partial charge in [0.15, 0.2) is 11.2 Å². The van der Waals surface area contributed by atoms with Crippen molar-refractivity contribution in [3.63, 3.8) is 0 Å². The number of rotatable bonds is 2. The van der Waals surface area contributed by atoms with Crippen LogP contribution < -0.4 is 5.56 Å². The van der Waals surface area contributed by atoms with Crippen molar-refractivity contribution in [2.24, 2.45) is 0 Å². The molecule has 0 amide bonds. The third-order valence-electron chi connectivity index (χ3n) is 2.55. The highest BCUT2D eigenvalue weighted by Gasteiger charge is 2.08. The van der Waals surface area contributed by atoms with E-state index in [2.05, 4.69) is 36.2 Å². The van der Waals surface area contributed by atoms with Crippen molar-refractivity contribution in [2.75, 3.05) is 0 Å². The van der Waals surface area contributed by atoms with E-state index in [-0.39, 0.29) is 11.1 Å². The summed E-state index contributed by atoms with van der Waals surface area (Å²) in [6, 6.07) is 7.86. The van der Waals surface area contributed by atoms with E-state index in [4.69, 9.17) is 0 Å². The molecule has 6 nitrogen and oxygen atoms in total. The Balaban J connectivity index is 2.03. The minimum Gasteiger partial charge on any atom is -0.311 e. The minimum atomic E-state index is -0.276. The zero-order valence-electron chi connectivity index (χ0n) is 9.17. The second-order valence-electron chi connectivity index (χ2n) is 3.78. The van der Waals surface area contributed by atoms with Crippen LogP contribution in [0.5, 0.6) is 0 Å². The van der Waals surface area contributed by atoms with E-state index in [0.717, 1.165) is 10.0 Å². The minimum absolute atomic E-state index is 0.259. The Labute approximate surface area is 110 Å². The fourth-order valence-corrected chi connectivity index (χ4v) is 1.94. The lowest BCUT2D eigenvalue weighted by Gasteiger charge is -2.01. The Hall–Kier alpha value is -2.02. The van der Waals surface area contributed by atoms with Crippen molar-refractivity contribution in [2.45, 2.75) is 6.54 Å². The lowest BCUT2D eigenvalue weighted by molar-refractivity contribution is 0.664. The van der Waals surface area contributed by atoms with Gasteiger partial charge in [0.2, 0.25) is 0 Å². The number of benzene rings is 1. The predicted octanol–water partition coefficient (Wildman–Crippen LogP) is 1.33. The molecule has 0 atom stereocenters. The van der Waals surface area contributed by atoms with Gasteiger partial charge in [-0.3, -0.25) is 4.79 Å². The van der Waals surface area contributed by atoms with Gasteiger partial charge in [-0.15, -0.1) is 5.10 Å². The van der Waals surface area contributed by atoms with Crippen molar-refractivity contribution in [3.8, 4) is 0 Å². The lowest BCUT2D eigenvalue weighted by atomic mass is 10.2. The van der Waals surface area contributed by atoms with Crippen LogP contribution in [0.2, 0.25) is 0 Å². The highest BCUT2D eigenvalue weighted by Crippen LogP contribution is 2.12. The number of aromatic nitrogens is 5. The molecule has 0 aliphatic rings. The molecule has 2 aromatic heterocycles. The summed E-state index contributed by atoms with van der Waals surface area (Å²) < 4.78 is 2.62. The van der Waals surface area contributed by atoms with Gasteiger partial charge in [-0.05, 0) is 17.7 Å². The van der Waals surface area contributed by atoms with Crippen molar-refractivity contribution in [1.82, 2.24) is 25.0 Å². The van der Waals surface area contributed by atoms with Crippen molar-refractivity contribution < 1.29 is 0 Å². The Morgan fingerprint density at radius 2 is 2.06 bits per heavy atom. The molecule has 0 aliphatic carbocycles. The topological polar surface area (TPSA) is 76.5 Å². The Kier molecular flexibility index (Phi) is 2.67. The monoisotopic (exact) mass is 305 g/mol. The van der Waals surface area contributed by atoms with E-state index >= 15 is 0 Å². The number of nitrogens with zero attached hydrogens (tertiary/aromatic N) is 4. The number of hydrogen-bond acceptors (Lipinski definition) is 4. The maximum absolute atomic E-state index is 11.5. The number of hydrogen-bond donors (Lipinski definition) is 1. The third kappa shape index (κ3) is 1.92. The predicted molar refractivity (Wildman–Crippen MR) is 69.2 cm³/mol. The summed E-state index contributed by atoms with van der Waals surface area (Å²) >= 11 is 3.38. The molecule has 0 fully saturated rings. The first-order valence-electron chi connectivity index (χ1n) is 5.25. The molecular weight excluding hydrogens is 298 g/mol. The van der Waals surface area contributed by atoms with E-state index < -0.39 is 0 Å². The van der Waals surface area contributed by atoms with Gasteiger partial charge in [-0.25, -0.2) is 9.67 Å². The summed E-state index contributed by atoms with van der Waals surface area (Å²) in [5, 5.41) is 7.78. The summed E-state index contributed by atoms with van der Waals surface area (Å²) in [7, 11) is 0. The molecule has 0 spiro atoms. The smallest absolute Gasteiger partial charge is 0.280 e. The van der Waals surface area contributed by atoms with Crippen LogP contribution in [0.25, 0.3) is 11.2 Å². The van der Waals surface area contributed by atoms with Crippen LogP contribution in [-0.4, -0.2) is 25.0 Å². The zero-order valence-corrected chi connectivity index (χ0v) is 10.8. The number of aromatic amines is 1. The molecule has 0 saturated carbocycles. The quantitative estimate of drug-likeness (QED) is 0.775. The largest absolute Gasteiger partial charge is 0.311 e. The molecule has 0 aliphatic heterocycles. The number of fused-ring (bicyclic) bond motifs is 1. The highest BCUT2D eigenvalue weighted by atomic mass is 79.9. The van der Waals surface area contributed by atoms with Gasteiger partial charge in [0.25, 0.3) is 5.56 Å². The van der Waals surface area contributed by atoms with Gasteiger partial charge in [0.05, 0.1) is 12.9 Å². The SMILES string of the molecule is O=c1[nH]cnc2c1nnn2Cc1ccc(Br)cc1. The van der Waals surface area contributed by atoms with Gasteiger partial charge in [0, 0.05) is 4.47 Å².